The maximum atomic E-state index is 5.56. The third kappa shape index (κ3) is 3.27. The third-order valence-corrected chi connectivity index (χ3v) is 3.60. The standard InChI is InChI=1S/C14H22N2O/c1-11(12-7-5-6-10-15-12)16-13-8-3-4-9-14(13)17-2/h5-7,10-11,13-14,16H,3-4,8-9H2,1-2H3/t11-,13?,14?/m0/s1. The second kappa shape index (κ2) is 6.12. The number of hydrogen-bond acceptors (Lipinski definition) is 3. The molecule has 1 aromatic rings. The molecule has 0 bridgehead atoms. The molecule has 0 amide bonds. The summed E-state index contributed by atoms with van der Waals surface area (Å²) >= 11 is 0. The zero-order valence-corrected chi connectivity index (χ0v) is 10.7. The van der Waals surface area contributed by atoms with E-state index in [0.29, 0.717) is 12.1 Å². The summed E-state index contributed by atoms with van der Waals surface area (Å²) in [6, 6.07) is 6.81. The summed E-state index contributed by atoms with van der Waals surface area (Å²) < 4.78 is 5.56. The van der Waals surface area contributed by atoms with Crippen LogP contribution in [0, 0.1) is 0 Å². The molecule has 94 valence electrons. The van der Waals surface area contributed by atoms with Gasteiger partial charge < -0.3 is 10.1 Å². The molecule has 3 atom stereocenters. The summed E-state index contributed by atoms with van der Waals surface area (Å²) in [5, 5.41) is 3.65. The average Bonchev–Trinajstić information content (AvgIpc) is 2.40. The van der Waals surface area contributed by atoms with E-state index in [4.69, 9.17) is 4.74 Å². The van der Waals surface area contributed by atoms with Crippen molar-refractivity contribution in [3.63, 3.8) is 0 Å². The molecule has 2 rings (SSSR count). The Balaban J connectivity index is 1.95. The van der Waals surface area contributed by atoms with E-state index in [1.165, 1.54) is 25.7 Å². The van der Waals surface area contributed by atoms with Gasteiger partial charge in [-0.15, -0.1) is 0 Å². The Hall–Kier alpha value is -0.930. The highest BCUT2D eigenvalue weighted by Crippen LogP contribution is 2.23. The lowest BCUT2D eigenvalue weighted by Crippen LogP contribution is -2.44. The molecule has 17 heavy (non-hydrogen) atoms. The van der Waals surface area contributed by atoms with Crippen LogP contribution in [-0.4, -0.2) is 24.2 Å². The van der Waals surface area contributed by atoms with Crippen molar-refractivity contribution in [3.8, 4) is 0 Å². The first-order chi connectivity index (χ1) is 8.31. The maximum Gasteiger partial charge on any atom is 0.0724 e. The first-order valence-corrected chi connectivity index (χ1v) is 6.51. The van der Waals surface area contributed by atoms with Gasteiger partial charge in [0.05, 0.1) is 11.8 Å². The van der Waals surface area contributed by atoms with E-state index in [0.717, 1.165) is 5.69 Å². The molecule has 1 N–H and O–H groups in total. The SMILES string of the molecule is COC1CCCCC1N[C@@H](C)c1ccccn1. The van der Waals surface area contributed by atoms with Crippen molar-refractivity contribution >= 4 is 0 Å². The molecule has 1 aliphatic rings. The van der Waals surface area contributed by atoms with Crippen molar-refractivity contribution in [1.82, 2.24) is 10.3 Å². The number of nitrogens with one attached hydrogen (secondary N) is 1. The smallest absolute Gasteiger partial charge is 0.0724 e. The van der Waals surface area contributed by atoms with Gasteiger partial charge in [-0.1, -0.05) is 18.9 Å². The van der Waals surface area contributed by atoms with E-state index < -0.39 is 0 Å². The first-order valence-electron chi connectivity index (χ1n) is 6.51. The Morgan fingerprint density at radius 3 is 2.88 bits per heavy atom. The molecule has 0 saturated heterocycles. The Morgan fingerprint density at radius 1 is 1.35 bits per heavy atom. The van der Waals surface area contributed by atoms with E-state index in [9.17, 15) is 0 Å². The highest BCUT2D eigenvalue weighted by molar-refractivity contribution is 5.08. The van der Waals surface area contributed by atoms with E-state index >= 15 is 0 Å². The van der Waals surface area contributed by atoms with Crippen molar-refractivity contribution in [1.29, 1.82) is 0 Å². The number of rotatable bonds is 4. The number of pyridine rings is 1. The predicted molar refractivity (Wildman–Crippen MR) is 68.8 cm³/mol. The second-order valence-electron chi connectivity index (χ2n) is 4.81. The summed E-state index contributed by atoms with van der Waals surface area (Å²) in [5.74, 6) is 0. The van der Waals surface area contributed by atoms with Gasteiger partial charge in [0.25, 0.3) is 0 Å². The van der Waals surface area contributed by atoms with Gasteiger partial charge in [-0.2, -0.15) is 0 Å². The third-order valence-electron chi connectivity index (χ3n) is 3.60. The van der Waals surface area contributed by atoms with Gasteiger partial charge in [-0.3, -0.25) is 4.98 Å². The van der Waals surface area contributed by atoms with Crippen LogP contribution < -0.4 is 5.32 Å². The number of hydrogen-bond donors (Lipinski definition) is 1. The number of methoxy groups -OCH3 is 1. The second-order valence-corrected chi connectivity index (χ2v) is 4.81. The zero-order valence-electron chi connectivity index (χ0n) is 10.7. The van der Waals surface area contributed by atoms with Gasteiger partial charge in [0.2, 0.25) is 0 Å². The zero-order chi connectivity index (χ0) is 12.1. The summed E-state index contributed by atoms with van der Waals surface area (Å²) in [5.41, 5.74) is 1.10. The lowest BCUT2D eigenvalue weighted by atomic mass is 9.91. The largest absolute Gasteiger partial charge is 0.380 e. The summed E-state index contributed by atoms with van der Waals surface area (Å²) in [7, 11) is 1.82. The summed E-state index contributed by atoms with van der Waals surface area (Å²) in [6.45, 7) is 2.17. The minimum atomic E-state index is 0.289. The van der Waals surface area contributed by atoms with Crippen molar-refractivity contribution in [2.45, 2.75) is 50.8 Å². The van der Waals surface area contributed by atoms with Gasteiger partial charge in [0, 0.05) is 25.4 Å². The van der Waals surface area contributed by atoms with Gasteiger partial charge in [-0.05, 0) is 31.9 Å². The van der Waals surface area contributed by atoms with Crippen molar-refractivity contribution < 1.29 is 4.74 Å². The van der Waals surface area contributed by atoms with E-state index in [2.05, 4.69) is 23.3 Å². The monoisotopic (exact) mass is 234 g/mol. The fraction of sp³-hybridized carbons (Fsp3) is 0.643. The van der Waals surface area contributed by atoms with E-state index in [-0.39, 0.29) is 6.04 Å². The van der Waals surface area contributed by atoms with Crippen molar-refractivity contribution in [2.24, 2.45) is 0 Å². The lowest BCUT2D eigenvalue weighted by molar-refractivity contribution is 0.0382. The quantitative estimate of drug-likeness (QED) is 0.869. The Kier molecular flexibility index (Phi) is 4.51. The topological polar surface area (TPSA) is 34.1 Å². The van der Waals surface area contributed by atoms with Crippen LogP contribution in [0.2, 0.25) is 0 Å². The highest BCUT2D eigenvalue weighted by atomic mass is 16.5. The summed E-state index contributed by atoms with van der Waals surface area (Å²) in [6.07, 6.45) is 7.16. The molecule has 0 aliphatic heterocycles. The molecule has 0 radical (unpaired) electrons. The molecule has 0 aromatic carbocycles. The maximum absolute atomic E-state index is 5.56. The van der Waals surface area contributed by atoms with Crippen molar-refractivity contribution in [2.75, 3.05) is 7.11 Å². The summed E-state index contributed by atoms with van der Waals surface area (Å²) in [4.78, 5) is 4.39. The number of ether oxygens (including phenoxy) is 1. The minimum absolute atomic E-state index is 0.289. The Labute approximate surface area is 104 Å². The molecule has 1 aliphatic carbocycles. The van der Waals surface area contributed by atoms with Gasteiger partial charge in [0.15, 0.2) is 0 Å². The van der Waals surface area contributed by atoms with E-state index in [1.807, 2.05) is 25.4 Å². The molecule has 3 nitrogen and oxygen atoms in total. The van der Waals surface area contributed by atoms with Crippen LogP contribution in [0.5, 0.6) is 0 Å². The Morgan fingerprint density at radius 2 is 2.18 bits per heavy atom. The molecule has 1 aromatic heterocycles. The van der Waals surface area contributed by atoms with Crippen molar-refractivity contribution in [3.05, 3.63) is 30.1 Å². The molecule has 2 unspecified atom stereocenters. The average molecular weight is 234 g/mol. The minimum Gasteiger partial charge on any atom is -0.380 e. The number of aromatic nitrogens is 1. The van der Waals surface area contributed by atoms with Gasteiger partial charge in [-0.25, -0.2) is 0 Å². The van der Waals surface area contributed by atoms with Crippen LogP contribution in [0.4, 0.5) is 0 Å². The van der Waals surface area contributed by atoms with Crippen LogP contribution in [0.1, 0.15) is 44.3 Å². The molecule has 3 heteroatoms. The fourth-order valence-electron chi connectivity index (χ4n) is 2.61. The van der Waals surface area contributed by atoms with Crippen LogP contribution in [0.15, 0.2) is 24.4 Å². The van der Waals surface area contributed by atoms with E-state index in [1.54, 1.807) is 0 Å². The van der Waals surface area contributed by atoms with Gasteiger partial charge in [0.1, 0.15) is 0 Å². The normalized spacial score (nSPS) is 26.7. The van der Waals surface area contributed by atoms with Crippen LogP contribution >= 0.6 is 0 Å². The fourth-order valence-corrected chi connectivity index (χ4v) is 2.61. The Bertz CT molecular complexity index is 328. The molecular formula is C14H22N2O. The lowest BCUT2D eigenvalue weighted by Gasteiger charge is -2.33. The van der Waals surface area contributed by atoms with Crippen LogP contribution in [0.25, 0.3) is 0 Å². The molecule has 1 heterocycles. The van der Waals surface area contributed by atoms with Gasteiger partial charge >= 0.3 is 0 Å². The first kappa shape index (κ1) is 12.5. The van der Waals surface area contributed by atoms with Crippen LogP contribution in [-0.2, 0) is 4.74 Å². The molecule has 1 saturated carbocycles. The highest BCUT2D eigenvalue weighted by Gasteiger charge is 2.26. The number of nitrogens with zero attached hydrogens (tertiary/aromatic N) is 1. The molecule has 0 spiro atoms. The molecule has 1 fully saturated rings. The predicted octanol–water partition coefficient (Wildman–Crippen LogP) is 2.69. The molecular weight excluding hydrogens is 212 g/mol. The van der Waals surface area contributed by atoms with Crippen LogP contribution in [0.3, 0.4) is 0 Å².